The Morgan fingerprint density at radius 1 is 0.911 bits per heavy atom. The lowest BCUT2D eigenvalue weighted by Crippen LogP contribution is -2.33. The van der Waals surface area contributed by atoms with Crippen molar-refractivity contribution in [1.82, 2.24) is 4.90 Å². The van der Waals surface area contributed by atoms with Gasteiger partial charge < -0.3 is 10.1 Å². The van der Waals surface area contributed by atoms with Crippen molar-refractivity contribution in [3.05, 3.63) is 89.0 Å². The molecule has 0 spiro atoms. The number of amides is 3. The van der Waals surface area contributed by atoms with Crippen molar-refractivity contribution in [2.24, 2.45) is 11.3 Å². The Bertz CT molecular complexity index is 1670. The van der Waals surface area contributed by atoms with Crippen LogP contribution >= 0.6 is 0 Å². The van der Waals surface area contributed by atoms with Gasteiger partial charge in [-0.05, 0) is 90.5 Å². The number of carbonyl (C=O) groups is 3. The van der Waals surface area contributed by atoms with Crippen molar-refractivity contribution in [3.8, 4) is 5.75 Å². The molecule has 1 fully saturated rings. The van der Waals surface area contributed by atoms with Crippen LogP contribution in [0.15, 0.2) is 66.7 Å². The van der Waals surface area contributed by atoms with E-state index in [1.54, 1.807) is 42.5 Å². The molecule has 0 aromatic heterocycles. The van der Waals surface area contributed by atoms with Crippen LogP contribution in [0.5, 0.6) is 5.75 Å². The van der Waals surface area contributed by atoms with Crippen molar-refractivity contribution < 1.29 is 27.5 Å². The summed E-state index contributed by atoms with van der Waals surface area (Å²) in [6, 6.07) is 19.5. The van der Waals surface area contributed by atoms with Gasteiger partial charge in [0.2, 0.25) is 15.9 Å². The molecule has 0 unspecified atom stereocenters. The van der Waals surface area contributed by atoms with Crippen LogP contribution in [0, 0.1) is 11.3 Å². The zero-order valence-electron chi connectivity index (χ0n) is 26.3. The number of anilines is 2. The number of rotatable bonds is 10. The second-order valence-electron chi connectivity index (χ2n) is 13.1. The van der Waals surface area contributed by atoms with E-state index in [-0.39, 0.29) is 36.9 Å². The van der Waals surface area contributed by atoms with Crippen LogP contribution in [-0.2, 0) is 21.2 Å². The van der Waals surface area contributed by atoms with E-state index < -0.39 is 21.8 Å². The predicted octanol–water partition coefficient (Wildman–Crippen LogP) is 6.23. The first-order valence-corrected chi connectivity index (χ1v) is 17.3. The first kappa shape index (κ1) is 32.2. The minimum absolute atomic E-state index is 0.00803. The average Bonchev–Trinajstić information content (AvgIpc) is 3.22. The smallest absolute Gasteiger partial charge is 0.261 e. The standard InChI is InChI=1S/C35H41N3O6S/c1-35(2,3)26-15-13-24(14-16-26)25-8-7-9-27(22-25)36-32(39)21-23-12-17-31(30(20-23)37-45(4,42)43)44-19-18-38-33(40)28-10-5-6-11-29(28)34(38)41/h5-12,17,20,22,24,26,37H,13-16,18-19,21H2,1-4H3,(H,36,39). The largest absolute Gasteiger partial charge is 0.490 e. The highest BCUT2D eigenvalue weighted by molar-refractivity contribution is 7.92. The first-order valence-electron chi connectivity index (χ1n) is 15.4. The van der Waals surface area contributed by atoms with Gasteiger partial charge in [0.15, 0.2) is 0 Å². The summed E-state index contributed by atoms with van der Waals surface area (Å²) in [6.07, 6.45) is 5.74. The lowest BCUT2D eigenvalue weighted by Gasteiger charge is -2.37. The summed E-state index contributed by atoms with van der Waals surface area (Å²) in [5.41, 5.74) is 3.74. The van der Waals surface area contributed by atoms with E-state index in [9.17, 15) is 22.8 Å². The highest BCUT2D eigenvalue weighted by Crippen LogP contribution is 2.43. The molecule has 0 bridgehead atoms. The molecule has 45 heavy (non-hydrogen) atoms. The molecule has 2 aliphatic rings. The summed E-state index contributed by atoms with van der Waals surface area (Å²) in [5.74, 6) is 0.409. The second kappa shape index (κ2) is 13.0. The number of hydrogen-bond acceptors (Lipinski definition) is 6. The first-order chi connectivity index (χ1) is 21.3. The van der Waals surface area contributed by atoms with Crippen LogP contribution in [0.4, 0.5) is 11.4 Å². The molecular weight excluding hydrogens is 590 g/mol. The highest BCUT2D eigenvalue weighted by atomic mass is 32.2. The van der Waals surface area contributed by atoms with Gasteiger partial charge in [-0.15, -0.1) is 0 Å². The van der Waals surface area contributed by atoms with E-state index >= 15 is 0 Å². The van der Waals surface area contributed by atoms with Crippen molar-refractivity contribution in [3.63, 3.8) is 0 Å². The third-order valence-corrected chi connectivity index (χ3v) is 9.34. The van der Waals surface area contributed by atoms with E-state index in [0.717, 1.165) is 35.6 Å². The summed E-state index contributed by atoms with van der Waals surface area (Å²) in [6.45, 7) is 6.90. The van der Waals surface area contributed by atoms with Gasteiger partial charge in [0.25, 0.3) is 11.8 Å². The van der Waals surface area contributed by atoms with Gasteiger partial charge in [0.1, 0.15) is 12.4 Å². The Balaban J connectivity index is 1.20. The molecule has 5 rings (SSSR count). The number of nitrogens with one attached hydrogen (secondary N) is 2. The van der Waals surface area contributed by atoms with Gasteiger partial charge in [-0.3, -0.25) is 24.0 Å². The SMILES string of the molecule is CC(C)(C)C1CCC(c2cccc(NC(=O)Cc3ccc(OCCN4C(=O)c5ccccc5C4=O)c(NS(C)(=O)=O)c3)c2)CC1. The van der Waals surface area contributed by atoms with Crippen molar-refractivity contribution >= 4 is 39.1 Å². The zero-order chi connectivity index (χ0) is 32.4. The molecule has 1 aliphatic heterocycles. The summed E-state index contributed by atoms with van der Waals surface area (Å²) in [5, 5.41) is 2.99. The Hall–Kier alpha value is -4.18. The fraction of sp³-hybridized carbons (Fsp3) is 0.400. The summed E-state index contributed by atoms with van der Waals surface area (Å²) in [7, 11) is -3.66. The minimum atomic E-state index is -3.66. The molecular formula is C35H41N3O6S. The molecule has 0 radical (unpaired) electrons. The van der Waals surface area contributed by atoms with Crippen LogP contribution in [0.3, 0.4) is 0 Å². The lowest BCUT2D eigenvalue weighted by atomic mass is 9.68. The van der Waals surface area contributed by atoms with E-state index in [2.05, 4.69) is 42.9 Å². The molecule has 9 nitrogen and oxygen atoms in total. The molecule has 10 heteroatoms. The molecule has 1 saturated carbocycles. The molecule has 3 amide bonds. The second-order valence-corrected chi connectivity index (χ2v) is 14.9. The monoisotopic (exact) mass is 631 g/mol. The fourth-order valence-corrected chi connectivity index (χ4v) is 6.89. The van der Waals surface area contributed by atoms with E-state index in [1.807, 2.05) is 12.1 Å². The molecule has 0 saturated heterocycles. The van der Waals surface area contributed by atoms with Gasteiger partial charge >= 0.3 is 0 Å². The average molecular weight is 632 g/mol. The third-order valence-electron chi connectivity index (χ3n) is 8.75. The van der Waals surface area contributed by atoms with Gasteiger partial charge in [0, 0.05) is 5.69 Å². The van der Waals surface area contributed by atoms with E-state index in [4.69, 9.17) is 4.74 Å². The van der Waals surface area contributed by atoms with Gasteiger partial charge in [0.05, 0.1) is 36.0 Å². The number of imide groups is 1. The quantitative estimate of drug-likeness (QED) is 0.256. The number of benzene rings is 3. The van der Waals surface area contributed by atoms with Crippen LogP contribution < -0.4 is 14.8 Å². The zero-order valence-corrected chi connectivity index (χ0v) is 27.1. The van der Waals surface area contributed by atoms with Crippen LogP contribution in [-0.4, -0.2) is 50.4 Å². The molecule has 3 aromatic carbocycles. The highest BCUT2D eigenvalue weighted by Gasteiger charge is 2.35. The number of hydrogen-bond donors (Lipinski definition) is 2. The Morgan fingerprint density at radius 3 is 2.20 bits per heavy atom. The predicted molar refractivity (Wildman–Crippen MR) is 175 cm³/mol. The maximum absolute atomic E-state index is 13.0. The Morgan fingerprint density at radius 2 is 1.58 bits per heavy atom. The topological polar surface area (TPSA) is 122 Å². The number of carbonyl (C=O) groups excluding carboxylic acids is 3. The number of sulfonamides is 1. The number of nitrogens with zero attached hydrogens (tertiary/aromatic N) is 1. The molecule has 238 valence electrons. The summed E-state index contributed by atoms with van der Waals surface area (Å²) >= 11 is 0. The van der Waals surface area contributed by atoms with Crippen molar-refractivity contribution in [1.29, 1.82) is 0 Å². The lowest BCUT2D eigenvalue weighted by molar-refractivity contribution is -0.115. The number of ether oxygens (including phenoxy) is 1. The molecule has 1 aliphatic carbocycles. The van der Waals surface area contributed by atoms with Crippen LogP contribution in [0.2, 0.25) is 0 Å². The molecule has 3 aromatic rings. The molecule has 2 N–H and O–H groups in total. The van der Waals surface area contributed by atoms with Crippen LogP contribution in [0.1, 0.15) is 84.2 Å². The van der Waals surface area contributed by atoms with Gasteiger partial charge in [-0.1, -0.05) is 51.1 Å². The Kier molecular flexibility index (Phi) is 9.34. The maximum Gasteiger partial charge on any atom is 0.261 e. The molecule has 0 atom stereocenters. The third kappa shape index (κ3) is 7.92. The van der Waals surface area contributed by atoms with Crippen molar-refractivity contribution in [2.45, 2.75) is 58.8 Å². The van der Waals surface area contributed by atoms with E-state index in [0.29, 0.717) is 28.0 Å². The summed E-state index contributed by atoms with van der Waals surface area (Å²) in [4.78, 5) is 39.4. The Labute approximate surface area is 265 Å². The van der Waals surface area contributed by atoms with Crippen LogP contribution in [0.25, 0.3) is 0 Å². The molecule has 1 heterocycles. The minimum Gasteiger partial charge on any atom is -0.490 e. The van der Waals surface area contributed by atoms with Gasteiger partial charge in [-0.2, -0.15) is 0 Å². The normalized spacial score (nSPS) is 18.4. The number of fused-ring (bicyclic) bond motifs is 1. The van der Waals surface area contributed by atoms with Crippen molar-refractivity contribution in [2.75, 3.05) is 29.4 Å². The summed E-state index contributed by atoms with van der Waals surface area (Å²) < 4.78 is 32.5. The van der Waals surface area contributed by atoms with E-state index in [1.165, 1.54) is 18.4 Å². The fourth-order valence-electron chi connectivity index (χ4n) is 6.34. The van der Waals surface area contributed by atoms with Gasteiger partial charge in [-0.25, -0.2) is 8.42 Å². The maximum atomic E-state index is 13.0.